The van der Waals surface area contributed by atoms with Gasteiger partial charge in [0, 0.05) is 19.1 Å². The van der Waals surface area contributed by atoms with E-state index in [1.807, 2.05) is 37.3 Å². The summed E-state index contributed by atoms with van der Waals surface area (Å²) in [4.78, 5) is 28.6. The van der Waals surface area contributed by atoms with Crippen LogP contribution >= 0.6 is 0 Å². The molecule has 1 atom stereocenters. The number of aliphatic hydroxyl groups excluding tert-OH is 1. The topological polar surface area (TPSA) is 66.7 Å². The Balaban J connectivity index is 2.06. The number of aliphatic imine (C=N–C) groups is 1. The lowest BCUT2D eigenvalue weighted by Crippen LogP contribution is -2.34. The summed E-state index contributed by atoms with van der Waals surface area (Å²) in [5.74, 6) is -0.894. The molecule has 21 heavy (non-hydrogen) atoms. The van der Waals surface area contributed by atoms with E-state index in [0.717, 1.165) is 5.56 Å². The molecule has 1 aliphatic carbocycles. The van der Waals surface area contributed by atoms with E-state index >= 15 is 0 Å². The summed E-state index contributed by atoms with van der Waals surface area (Å²) in [6.07, 6.45) is 2.88. The number of carbonyl (C=O) groups is 2. The molecule has 0 spiro atoms. The molecule has 112 valence electrons. The van der Waals surface area contributed by atoms with Gasteiger partial charge in [-0.25, -0.2) is 0 Å². The van der Waals surface area contributed by atoms with Gasteiger partial charge in [0.25, 0.3) is 0 Å². The molecule has 1 N–H and O–H groups in total. The zero-order valence-corrected chi connectivity index (χ0v) is 12.2. The summed E-state index contributed by atoms with van der Waals surface area (Å²) in [6.45, 7) is 1.85. The molecule has 1 aromatic carbocycles. The van der Waals surface area contributed by atoms with Gasteiger partial charge >= 0.3 is 0 Å². The van der Waals surface area contributed by atoms with Crippen molar-refractivity contribution < 1.29 is 14.7 Å². The molecule has 1 fully saturated rings. The van der Waals surface area contributed by atoms with Gasteiger partial charge in [-0.1, -0.05) is 37.3 Å². The maximum atomic E-state index is 12.2. The maximum Gasteiger partial charge on any atom is 0.149 e. The summed E-state index contributed by atoms with van der Waals surface area (Å²) >= 11 is 0. The van der Waals surface area contributed by atoms with Crippen LogP contribution < -0.4 is 0 Å². The largest absolute Gasteiger partial charge is 0.394 e. The van der Waals surface area contributed by atoms with E-state index in [9.17, 15) is 9.59 Å². The molecule has 0 aliphatic heterocycles. The quantitative estimate of drug-likeness (QED) is 0.666. The average molecular weight is 287 g/mol. The van der Waals surface area contributed by atoms with Crippen molar-refractivity contribution in [3.05, 3.63) is 35.9 Å². The number of hydrogen-bond donors (Lipinski definition) is 1. The van der Waals surface area contributed by atoms with E-state index in [1.54, 1.807) is 0 Å². The number of rotatable bonds is 5. The minimum absolute atomic E-state index is 0.0179. The molecular formula is C17H21NO3. The molecular weight excluding hydrogens is 266 g/mol. The fourth-order valence-corrected chi connectivity index (χ4v) is 2.61. The molecule has 0 bridgehead atoms. The molecule has 4 heteroatoms. The molecule has 0 heterocycles. The van der Waals surface area contributed by atoms with Crippen LogP contribution in [0.1, 0.15) is 37.7 Å². The van der Waals surface area contributed by atoms with Gasteiger partial charge in [0.05, 0.1) is 12.6 Å². The Hall–Kier alpha value is -1.81. The van der Waals surface area contributed by atoms with Gasteiger partial charge in [-0.05, 0) is 17.9 Å². The van der Waals surface area contributed by atoms with Crippen LogP contribution in [-0.4, -0.2) is 35.5 Å². The van der Waals surface area contributed by atoms with Crippen LogP contribution in [0.3, 0.4) is 0 Å². The monoisotopic (exact) mass is 287 g/mol. The summed E-state index contributed by atoms with van der Waals surface area (Å²) < 4.78 is 0. The summed E-state index contributed by atoms with van der Waals surface area (Å²) in [6, 6.07) is 9.45. The highest BCUT2D eigenvalue weighted by Crippen LogP contribution is 2.31. The molecule has 0 saturated heterocycles. The Kier molecular flexibility index (Phi) is 5.39. The van der Waals surface area contributed by atoms with E-state index in [1.165, 1.54) is 6.21 Å². The van der Waals surface area contributed by atoms with Gasteiger partial charge in [-0.15, -0.1) is 0 Å². The lowest BCUT2D eigenvalue weighted by atomic mass is 9.77. The second kappa shape index (κ2) is 7.27. The standard InChI is InChI=1S/C17H21NO3/c1-2-14(11-19)18-10-15-16(20)8-13(9-17(15)21)12-6-4-3-5-7-12/h3-7,10,13-15,19H,2,8-9,11H2,1H3/t13?,14-,15?/m0/s1. The Morgan fingerprint density at radius 3 is 2.38 bits per heavy atom. The number of nitrogens with zero attached hydrogens (tertiary/aromatic N) is 1. The fourth-order valence-electron chi connectivity index (χ4n) is 2.61. The lowest BCUT2D eigenvalue weighted by Gasteiger charge is -2.24. The first-order chi connectivity index (χ1) is 10.2. The molecule has 0 unspecified atom stereocenters. The first-order valence-electron chi connectivity index (χ1n) is 7.40. The number of carbonyl (C=O) groups excluding carboxylic acids is 2. The van der Waals surface area contributed by atoms with E-state index in [2.05, 4.69) is 4.99 Å². The predicted molar refractivity (Wildman–Crippen MR) is 81.6 cm³/mol. The Morgan fingerprint density at radius 2 is 1.86 bits per heavy atom. The zero-order valence-electron chi connectivity index (χ0n) is 12.2. The van der Waals surface area contributed by atoms with Crippen LogP contribution in [0.4, 0.5) is 0 Å². The first-order valence-corrected chi connectivity index (χ1v) is 7.40. The van der Waals surface area contributed by atoms with Crippen LogP contribution in [0.2, 0.25) is 0 Å². The number of benzene rings is 1. The van der Waals surface area contributed by atoms with Crippen molar-refractivity contribution in [1.82, 2.24) is 0 Å². The first kappa shape index (κ1) is 15.6. The number of Topliss-reactive ketones (excluding diaryl/α,β-unsaturated/α-hetero) is 2. The van der Waals surface area contributed by atoms with Gasteiger partial charge in [0.1, 0.15) is 17.5 Å². The normalized spacial score (nSPS) is 24.5. The number of ketones is 2. The molecule has 0 radical (unpaired) electrons. The highest BCUT2D eigenvalue weighted by Gasteiger charge is 2.34. The summed E-state index contributed by atoms with van der Waals surface area (Å²) in [5, 5.41) is 9.09. The Morgan fingerprint density at radius 1 is 1.24 bits per heavy atom. The highest BCUT2D eigenvalue weighted by atomic mass is 16.3. The summed E-state index contributed by atoms with van der Waals surface area (Å²) in [7, 11) is 0. The van der Waals surface area contributed by atoms with Crippen LogP contribution in [0.15, 0.2) is 35.3 Å². The molecule has 1 aromatic rings. The van der Waals surface area contributed by atoms with Crippen molar-refractivity contribution in [1.29, 1.82) is 0 Å². The SMILES string of the molecule is CC[C@@H](CO)N=CC1C(=O)CC(c2ccccc2)CC1=O. The van der Waals surface area contributed by atoms with Crippen LogP contribution in [-0.2, 0) is 9.59 Å². The predicted octanol–water partition coefficient (Wildman–Crippen LogP) is 2.16. The average Bonchev–Trinajstić information content (AvgIpc) is 2.51. The van der Waals surface area contributed by atoms with Crippen LogP contribution in [0.25, 0.3) is 0 Å². The van der Waals surface area contributed by atoms with Crippen molar-refractivity contribution in [2.75, 3.05) is 6.61 Å². The smallest absolute Gasteiger partial charge is 0.149 e. The Bertz CT molecular complexity index is 502. The zero-order chi connectivity index (χ0) is 15.2. The van der Waals surface area contributed by atoms with E-state index < -0.39 is 5.92 Å². The minimum Gasteiger partial charge on any atom is -0.394 e. The van der Waals surface area contributed by atoms with Crippen LogP contribution in [0, 0.1) is 5.92 Å². The van der Waals surface area contributed by atoms with Crippen LogP contribution in [0.5, 0.6) is 0 Å². The van der Waals surface area contributed by atoms with Gasteiger partial charge in [0.2, 0.25) is 0 Å². The van der Waals surface area contributed by atoms with Crippen molar-refractivity contribution in [3.63, 3.8) is 0 Å². The molecule has 2 rings (SSSR count). The Labute approximate surface area is 124 Å². The van der Waals surface area contributed by atoms with Crippen molar-refractivity contribution in [2.24, 2.45) is 10.9 Å². The second-order valence-corrected chi connectivity index (χ2v) is 5.47. The molecule has 1 saturated carbocycles. The fraction of sp³-hybridized carbons (Fsp3) is 0.471. The van der Waals surface area contributed by atoms with Gasteiger partial charge in [0.15, 0.2) is 0 Å². The van der Waals surface area contributed by atoms with E-state index in [0.29, 0.717) is 19.3 Å². The van der Waals surface area contributed by atoms with E-state index in [4.69, 9.17) is 5.11 Å². The van der Waals surface area contributed by atoms with Crippen molar-refractivity contribution in [3.8, 4) is 0 Å². The molecule has 4 nitrogen and oxygen atoms in total. The third-order valence-corrected chi connectivity index (χ3v) is 3.99. The van der Waals surface area contributed by atoms with Crippen molar-refractivity contribution >= 4 is 17.8 Å². The minimum atomic E-state index is -0.731. The highest BCUT2D eigenvalue weighted by molar-refractivity contribution is 6.16. The van der Waals surface area contributed by atoms with E-state index in [-0.39, 0.29) is 30.1 Å². The van der Waals surface area contributed by atoms with Gasteiger partial charge in [-0.2, -0.15) is 0 Å². The maximum absolute atomic E-state index is 12.2. The number of hydrogen-bond acceptors (Lipinski definition) is 4. The second-order valence-electron chi connectivity index (χ2n) is 5.47. The van der Waals surface area contributed by atoms with Gasteiger partial charge < -0.3 is 5.11 Å². The molecule has 0 amide bonds. The molecule has 0 aromatic heterocycles. The molecule has 1 aliphatic rings. The third kappa shape index (κ3) is 3.85. The van der Waals surface area contributed by atoms with Gasteiger partial charge in [-0.3, -0.25) is 14.6 Å². The van der Waals surface area contributed by atoms with Crippen molar-refractivity contribution in [2.45, 2.75) is 38.1 Å². The summed E-state index contributed by atoms with van der Waals surface area (Å²) in [5.41, 5.74) is 1.04. The number of aliphatic hydroxyl groups is 1. The third-order valence-electron chi connectivity index (χ3n) is 3.99. The lowest BCUT2D eigenvalue weighted by molar-refractivity contribution is -0.133.